The van der Waals surface area contributed by atoms with Crippen molar-refractivity contribution in [2.75, 3.05) is 13.2 Å². The van der Waals surface area contributed by atoms with Crippen molar-refractivity contribution >= 4 is 11.3 Å². The molecule has 0 aliphatic carbocycles. The zero-order valence-corrected chi connectivity index (χ0v) is 15.9. The van der Waals surface area contributed by atoms with E-state index < -0.39 is 0 Å². The molecule has 1 N–H and O–H groups in total. The van der Waals surface area contributed by atoms with Gasteiger partial charge in [-0.2, -0.15) is 0 Å². The minimum Gasteiger partial charge on any atom is -0.375 e. The maximum Gasteiger partial charge on any atom is 0.0641 e. The van der Waals surface area contributed by atoms with Gasteiger partial charge in [0, 0.05) is 22.9 Å². The first-order chi connectivity index (χ1) is 11.5. The third-order valence-corrected chi connectivity index (χ3v) is 6.36. The molecule has 1 aliphatic rings. The summed E-state index contributed by atoms with van der Waals surface area (Å²) in [6.07, 6.45) is 3.31. The van der Waals surface area contributed by atoms with Crippen LogP contribution in [-0.4, -0.2) is 24.8 Å². The summed E-state index contributed by atoms with van der Waals surface area (Å²) in [5, 5.41) is 5.97. The van der Waals surface area contributed by atoms with Gasteiger partial charge < -0.3 is 10.1 Å². The lowest BCUT2D eigenvalue weighted by Crippen LogP contribution is -2.44. The van der Waals surface area contributed by atoms with Crippen molar-refractivity contribution in [1.29, 1.82) is 0 Å². The van der Waals surface area contributed by atoms with Gasteiger partial charge in [0.25, 0.3) is 0 Å². The molecule has 0 radical (unpaired) electrons. The van der Waals surface area contributed by atoms with E-state index in [0.717, 1.165) is 32.4 Å². The van der Waals surface area contributed by atoms with Gasteiger partial charge >= 0.3 is 0 Å². The molecule has 1 aromatic carbocycles. The maximum absolute atomic E-state index is 5.83. The van der Waals surface area contributed by atoms with Crippen molar-refractivity contribution < 1.29 is 4.74 Å². The van der Waals surface area contributed by atoms with Gasteiger partial charge in [0.1, 0.15) is 0 Å². The molecule has 0 bridgehead atoms. The average molecular weight is 344 g/mol. The lowest BCUT2D eigenvalue weighted by atomic mass is 9.78. The standard InChI is InChI=1S/C21H29NOS/c1-20(2)16-18(11-14-23-20)22-13-12-21(3,19-10-7-15-24-19)17-8-5-4-6-9-17/h4-10,15,18,22H,11-14,16H2,1-3H3. The monoisotopic (exact) mass is 343 g/mol. The summed E-state index contributed by atoms with van der Waals surface area (Å²) in [5.41, 5.74) is 1.48. The number of thiophene rings is 1. The van der Waals surface area contributed by atoms with Crippen molar-refractivity contribution in [2.45, 2.75) is 57.1 Å². The molecule has 0 saturated carbocycles. The van der Waals surface area contributed by atoms with Crippen LogP contribution in [0.4, 0.5) is 0 Å². The number of benzene rings is 1. The summed E-state index contributed by atoms with van der Waals surface area (Å²) in [5.74, 6) is 0. The molecule has 1 fully saturated rings. The first-order valence-corrected chi connectivity index (χ1v) is 9.84. The summed E-state index contributed by atoms with van der Waals surface area (Å²) < 4.78 is 5.83. The van der Waals surface area contributed by atoms with Gasteiger partial charge in [0.05, 0.1) is 5.60 Å². The van der Waals surface area contributed by atoms with Crippen LogP contribution in [0.5, 0.6) is 0 Å². The Morgan fingerprint density at radius 2 is 2.00 bits per heavy atom. The molecule has 24 heavy (non-hydrogen) atoms. The van der Waals surface area contributed by atoms with Gasteiger partial charge in [0.2, 0.25) is 0 Å². The molecule has 0 spiro atoms. The van der Waals surface area contributed by atoms with Gasteiger partial charge in [-0.25, -0.2) is 0 Å². The lowest BCUT2D eigenvalue weighted by Gasteiger charge is -2.37. The Morgan fingerprint density at radius 3 is 2.67 bits per heavy atom. The third-order valence-electron chi connectivity index (χ3n) is 5.23. The summed E-state index contributed by atoms with van der Waals surface area (Å²) in [6.45, 7) is 8.67. The molecular weight excluding hydrogens is 314 g/mol. The van der Waals surface area contributed by atoms with Crippen molar-refractivity contribution in [3.05, 3.63) is 58.3 Å². The smallest absolute Gasteiger partial charge is 0.0641 e. The van der Waals surface area contributed by atoms with E-state index in [1.807, 2.05) is 11.3 Å². The highest BCUT2D eigenvalue weighted by Crippen LogP contribution is 2.37. The van der Waals surface area contributed by atoms with Crippen molar-refractivity contribution in [2.24, 2.45) is 0 Å². The first-order valence-electron chi connectivity index (χ1n) is 8.96. The number of hydrogen-bond acceptors (Lipinski definition) is 3. The molecule has 2 atom stereocenters. The van der Waals surface area contributed by atoms with Crippen LogP contribution in [0.2, 0.25) is 0 Å². The van der Waals surface area contributed by atoms with E-state index in [-0.39, 0.29) is 11.0 Å². The molecule has 1 aliphatic heterocycles. The average Bonchev–Trinajstić information content (AvgIpc) is 3.10. The number of rotatable bonds is 6. The molecule has 130 valence electrons. The Kier molecular flexibility index (Phi) is 5.43. The van der Waals surface area contributed by atoms with E-state index in [1.165, 1.54) is 10.4 Å². The Balaban J connectivity index is 1.67. The summed E-state index contributed by atoms with van der Waals surface area (Å²) in [7, 11) is 0. The summed E-state index contributed by atoms with van der Waals surface area (Å²) in [6, 6.07) is 15.9. The van der Waals surface area contributed by atoms with Crippen molar-refractivity contribution in [1.82, 2.24) is 5.32 Å². The van der Waals surface area contributed by atoms with Gasteiger partial charge in [-0.05, 0) is 56.7 Å². The minimum atomic E-state index is 0.00635. The van der Waals surface area contributed by atoms with Crippen LogP contribution in [-0.2, 0) is 10.2 Å². The highest BCUT2D eigenvalue weighted by Gasteiger charge is 2.31. The zero-order chi connectivity index (χ0) is 17.0. The largest absolute Gasteiger partial charge is 0.375 e. The molecule has 2 heterocycles. The molecule has 2 aromatic rings. The topological polar surface area (TPSA) is 21.3 Å². The van der Waals surface area contributed by atoms with E-state index in [9.17, 15) is 0 Å². The molecule has 2 unspecified atom stereocenters. The Bertz CT molecular complexity index is 623. The van der Waals surface area contributed by atoms with Crippen molar-refractivity contribution in [3.63, 3.8) is 0 Å². The van der Waals surface area contributed by atoms with E-state index in [0.29, 0.717) is 6.04 Å². The van der Waals surface area contributed by atoms with Crippen LogP contribution in [0, 0.1) is 0 Å². The number of hydrogen-bond donors (Lipinski definition) is 1. The second-order valence-corrected chi connectivity index (χ2v) is 8.63. The molecular formula is C21H29NOS. The van der Waals surface area contributed by atoms with Crippen molar-refractivity contribution in [3.8, 4) is 0 Å². The Hall–Kier alpha value is -1.16. The van der Waals surface area contributed by atoms with Gasteiger partial charge in [-0.15, -0.1) is 11.3 Å². The van der Waals surface area contributed by atoms with E-state index >= 15 is 0 Å². The summed E-state index contributed by atoms with van der Waals surface area (Å²) >= 11 is 1.86. The predicted octanol–water partition coefficient (Wildman–Crippen LogP) is 4.99. The zero-order valence-electron chi connectivity index (χ0n) is 15.0. The van der Waals surface area contributed by atoms with Crippen LogP contribution in [0.3, 0.4) is 0 Å². The van der Waals surface area contributed by atoms with Gasteiger partial charge in [-0.1, -0.05) is 43.3 Å². The number of ether oxygens (including phenoxy) is 1. The van der Waals surface area contributed by atoms with Gasteiger partial charge in [0.15, 0.2) is 0 Å². The second-order valence-electron chi connectivity index (χ2n) is 7.68. The van der Waals surface area contributed by atoms with Crippen LogP contribution in [0.25, 0.3) is 0 Å². The first kappa shape index (κ1) is 17.7. The maximum atomic E-state index is 5.83. The normalized spacial score (nSPS) is 22.9. The second kappa shape index (κ2) is 7.38. The molecule has 3 heteroatoms. The highest BCUT2D eigenvalue weighted by atomic mass is 32.1. The fourth-order valence-corrected chi connectivity index (χ4v) is 4.68. The van der Waals surface area contributed by atoms with E-state index in [4.69, 9.17) is 4.74 Å². The Morgan fingerprint density at radius 1 is 1.21 bits per heavy atom. The lowest BCUT2D eigenvalue weighted by molar-refractivity contribution is -0.0628. The summed E-state index contributed by atoms with van der Waals surface area (Å²) in [4.78, 5) is 1.45. The van der Waals surface area contributed by atoms with Crippen LogP contribution < -0.4 is 5.32 Å². The van der Waals surface area contributed by atoms with E-state index in [2.05, 4.69) is 73.9 Å². The van der Waals surface area contributed by atoms with Crippen LogP contribution in [0.15, 0.2) is 47.8 Å². The quantitative estimate of drug-likeness (QED) is 0.797. The predicted molar refractivity (Wildman–Crippen MR) is 103 cm³/mol. The highest BCUT2D eigenvalue weighted by molar-refractivity contribution is 7.10. The SMILES string of the molecule is CC1(C)CC(NCCC(C)(c2ccccc2)c2cccs2)CCO1. The molecule has 1 aromatic heterocycles. The molecule has 1 saturated heterocycles. The third kappa shape index (κ3) is 4.08. The fourth-order valence-electron chi connectivity index (χ4n) is 3.74. The van der Waals surface area contributed by atoms with Crippen LogP contribution in [0.1, 0.15) is 50.5 Å². The fraction of sp³-hybridized carbons (Fsp3) is 0.524. The minimum absolute atomic E-state index is 0.00635. The number of nitrogens with one attached hydrogen (secondary N) is 1. The van der Waals surface area contributed by atoms with E-state index in [1.54, 1.807) is 0 Å². The molecule has 3 rings (SSSR count). The Labute approximate surface area is 150 Å². The van der Waals surface area contributed by atoms with Crippen LogP contribution >= 0.6 is 11.3 Å². The van der Waals surface area contributed by atoms with Gasteiger partial charge in [-0.3, -0.25) is 0 Å². The molecule has 2 nitrogen and oxygen atoms in total. The molecule has 0 amide bonds.